The van der Waals surface area contributed by atoms with Gasteiger partial charge in [-0.25, -0.2) is 0 Å². The van der Waals surface area contributed by atoms with Crippen LogP contribution in [0.1, 0.15) is 51.9 Å². The fourth-order valence-corrected chi connectivity index (χ4v) is 4.69. The van der Waals surface area contributed by atoms with Gasteiger partial charge in [0.15, 0.2) is 0 Å². The normalized spacial score (nSPS) is 35.7. The van der Waals surface area contributed by atoms with Crippen LogP contribution in [-0.4, -0.2) is 47.6 Å². The monoisotopic (exact) mass is 282 g/mol. The van der Waals surface area contributed by atoms with Crippen LogP contribution in [0, 0.1) is 5.92 Å². The number of nitrogens with zero attached hydrogens (tertiary/aromatic N) is 1. The number of hydrogen-bond donors (Lipinski definition) is 1. The van der Waals surface area contributed by atoms with Gasteiger partial charge in [0.1, 0.15) is 0 Å². The molecule has 1 spiro atoms. The Bertz CT molecular complexity index is 310. The molecular weight excluding hydrogens is 252 g/mol. The van der Waals surface area contributed by atoms with Gasteiger partial charge in [-0.2, -0.15) is 11.8 Å². The van der Waals surface area contributed by atoms with E-state index in [1.807, 2.05) is 11.8 Å². The summed E-state index contributed by atoms with van der Waals surface area (Å²) < 4.78 is 0. The first kappa shape index (κ1) is 14.2. The smallest absolute Gasteiger partial charge is 0.0335 e. The minimum absolute atomic E-state index is 0.443. The van der Waals surface area contributed by atoms with Crippen molar-refractivity contribution in [3.8, 4) is 0 Å². The molecule has 0 radical (unpaired) electrons. The van der Waals surface area contributed by atoms with Crippen molar-refractivity contribution in [2.24, 2.45) is 5.92 Å². The predicted octanol–water partition coefficient (Wildman–Crippen LogP) is 3.13. The van der Waals surface area contributed by atoms with E-state index in [2.05, 4.69) is 23.4 Å². The zero-order valence-electron chi connectivity index (χ0n) is 12.7. The Balaban J connectivity index is 1.71. The van der Waals surface area contributed by atoms with E-state index in [-0.39, 0.29) is 0 Å². The second-order valence-electron chi connectivity index (χ2n) is 7.24. The lowest BCUT2D eigenvalue weighted by atomic mass is 9.76. The first-order valence-electron chi connectivity index (χ1n) is 8.18. The van der Waals surface area contributed by atoms with Gasteiger partial charge in [0.2, 0.25) is 0 Å². The summed E-state index contributed by atoms with van der Waals surface area (Å²) in [7, 11) is 0. The summed E-state index contributed by atoms with van der Waals surface area (Å²) in [6.45, 7) is 6.35. The summed E-state index contributed by atoms with van der Waals surface area (Å²) in [5, 5.41) is 4.00. The third kappa shape index (κ3) is 2.84. The molecule has 0 aromatic rings. The molecule has 3 fully saturated rings. The highest BCUT2D eigenvalue weighted by molar-refractivity contribution is 7.98. The zero-order chi connectivity index (χ0) is 13.3. The maximum atomic E-state index is 4.00. The summed E-state index contributed by atoms with van der Waals surface area (Å²) in [6, 6.07) is 0. The van der Waals surface area contributed by atoms with Gasteiger partial charge in [-0.1, -0.05) is 19.3 Å². The van der Waals surface area contributed by atoms with Gasteiger partial charge < -0.3 is 5.32 Å². The Kier molecular flexibility index (Phi) is 4.17. The van der Waals surface area contributed by atoms with E-state index in [0.29, 0.717) is 11.1 Å². The topological polar surface area (TPSA) is 15.3 Å². The molecule has 1 saturated heterocycles. The summed E-state index contributed by atoms with van der Waals surface area (Å²) in [5.41, 5.74) is 0.906. The second-order valence-corrected chi connectivity index (χ2v) is 8.23. The molecule has 19 heavy (non-hydrogen) atoms. The highest BCUT2D eigenvalue weighted by atomic mass is 32.2. The van der Waals surface area contributed by atoms with E-state index >= 15 is 0 Å². The minimum Gasteiger partial charge on any atom is -0.308 e. The molecule has 2 saturated carbocycles. The van der Waals surface area contributed by atoms with Gasteiger partial charge in [-0.05, 0) is 44.8 Å². The molecule has 2 nitrogen and oxygen atoms in total. The van der Waals surface area contributed by atoms with Crippen molar-refractivity contribution in [3.05, 3.63) is 0 Å². The Morgan fingerprint density at radius 3 is 2.58 bits per heavy atom. The average Bonchev–Trinajstić information content (AvgIpc) is 3.26. The number of rotatable bonds is 4. The van der Waals surface area contributed by atoms with E-state index in [1.165, 1.54) is 70.3 Å². The summed E-state index contributed by atoms with van der Waals surface area (Å²) in [4.78, 5) is 2.86. The van der Waals surface area contributed by atoms with Gasteiger partial charge in [0, 0.05) is 36.5 Å². The number of thioether (sulfide) groups is 1. The van der Waals surface area contributed by atoms with Crippen LogP contribution in [0.3, 0.4) is 0 Å². The summed E-state index contributed by atoms with van der Waals surface area (Å²) >= 11 is 2.00. The molecule has 1 unspecified atom stereocenters. The SMILES string of the molecule is CSCCN1CC2(CCCCC2)NCC1(C)C1CC1. The molecule has 3 aliphatic rings. The quantitative estimate of drug-likeness (QED) is 0.853. The lowest BCUT2D eigenvalue weighted by molar-refractivity contribution is -0.00724. The number of piperazine rings is 1. The van der Waals surface area contributed by atoms with Crippen LogP contribution in [0.2, 0.25) is 0 Å². The Morgan fingerprint density at radius 1 is 1.21 bits per heavy atom. The van der Waals surface area contributed by atoms with Crippen molar-refractivity contribution in [2.45, 2.75) is 62.9 Å². The molecule has 0 amide bonds. The first-order chi connectivity index (χ1) is 9.19. The van der Waals surface area contributed by atoms with Crippen molar-refractivity contribution in [1.82, 2.24) is 10.2 Å². The molecule has 0 aromatic heterocycles. The summed E-state index contributed by atoms with van der Waals surface area (Å²) in [5.74, 6) is 2.25. The average molecular weight is 282 g/mol. The van der Waals surface area contributed by atoms with Crippen LogP contribution in [0.15, 0.2) is 0 Å². The van der Waals surface area contributed by atoms with E-state index in [4.69, 9.17) is 0 Å². The van der Waals surface area contributed by atoms with E-state index < -0.39 is 0 Å². The van der Waals surface area contributed by atoms with Gasteiger partial charge >= 0.3 is 0 Å². The van der Waals surface area contributed by atoms with Gasteiger partial charge in [0.25, 0.3) is 0 Å². The standard InChI is InChI=1S/C16H30N2S/c1-15(14-6-7-14)12-17-16(8-4-3-5-9-16)13-18(15)10-11-19-2/h14,17H,3-13H2,1-2H3. The van der Waals surface area contributed by atoms with Gasteiger partial charge in [-0.15, -0.1) is 0 Å². The fourth-order valence-electron chi connectivity index (χ4n) is 4.29. The fraction of sp³-hybridized carbons (Fsp3) is 1.00. The highest BCUT2D eigenvalue weighted by Gasteiger charge is 2.51. The lowest BCUT2D eigenvalue weighted by Crippen LogP contribution is -2.70. The third-order valence-corrected chi connectivity index (χ3v) is 6.46. The predicted molar refractivity (Wildman–Crippen MR) is 84.9 cm³/mol. The maximum Gasteiger partial charge on any atom is 0.0335 e. The van der Waals surface area contributed by atoms with Crippen LogP contribution >= 0.6 is 11.8 Å². The van der Waals surface area contributed by atoms with Crippen LogP contribution in [0.4, 0.5) is 0 Å². The molecule has 0 bridgehead atoms. The summed E-state index contributed by atoms with van der Waals surface area (Å²) in [6.07, 6.45) is 12.3. The Hall–Kier alpha value is 0.270. The first-order valence-corrected chi connectivity index (χ1v) is 9.57. The second kappa shape index (κ2) is 5.57. The Labute approximate surface area is 123 Å². The molecular formula is C16H30N2S. The van der Waals surface area contributed by atoms with Crippen LogP contribution in [0.5, 0.6) is 0 Å². The largest absolute Gasteiger partial charge is 0.308 e. The zero-order valence-corrected chi connectivity index (χ0v) is 13.5. The van der Waals surface area contributed by atoms with Crippen molar-refractivity contribution in [1.29, 1.82) is 0 Å². The maximum absolute atomic E-state index is 4.00. The van der Waals surface area contributed by atoms with Crippen molar-refractivity contribution in [2.75, 3.05) is 31.6 Å². The molecule has 1 aliphatic heterocycles. The molecule has 3 heteroatoms. The van der Waals surface area contributed by atoms with E-state index in [1.54, 1.807) is 0 Å². The van der Waals surface area contributed by atoms with Crippen LogP contribution in [-0.2, 0) is 0 Å². The van der Waals surface area contributed by atoms with E-state index in [0.717, 1.165) is 5.92 Å². The van der Waals surface area contributed by atoms with Gasteiger partial charge in [-0.3, -0.25) is 4.90 Å². The molecule has 3 rings (SSSR count). The Morgan fingerprint density at radius 2 is 1.95 bits per heavy atom. The number of hydrogen-bond acceptors (Lipinski definition) is 3. The van der Waals surface area contributed by atoms with Crippen molar-refractivity contribution < 1.29 is 0 Å². The lowest BCUT2D eigenvalue weighted by Gasteiger charge is -2.55. The van der Waals surface area contributed by atoms with Crippen molar-refractivity contribution in [3.63, 3.8) is 0 Å². The highest BCUT2D eigenvalue weighted by Crippen LogP contribution is 2.46. The minimum atomic E-state index is 0.443. The van der Waals surface area contributed by atoms with Crippen LogP contribution < -0.4 is 5.32 Å². The van der Waals surface area contributed by atoms with Gasteiger partial charge in [0.05, 0.1) is 0 Å². The molecule has 2 aliphatic carbocycles. The van der Waals surface area contributed by atoms with E-state index in [9.17, 15) is 0 Å². The number of nitrogens with one attached hydrogen (secondary N) is 1. The molecule has 1 N–H and O–H groups in total. The third-order valence-electron chi connectivity index (χ3n) is 5.87. The molecule has 0 aromatic carbocycles. The van der Waals surface area contributed by atoms with Crippen LogP contribution in [0.25, 0.3) is 0 Å². The molecule has 1 atom stereocenters. The molecule has 1 heterocycles. The molecule has 110 valence electrons. The van der Waals surface area contributed by atoms with Crippen molar-refractivity contribution >= 4 is 11.8 Å².